The molecule has 0 aliphatic carbocycles. The Morgan fingerprint density at radius 3 is 2.46 bits per heavy atom. The van der Waals surface area contributed by atoms with Gasteiger partial charge in [0.25, 0.3) is 0 Å². The van der Waals surface area contributed by atoms with Crippen LogP contribution in [0.3, 0.4) is 0 Å². The summed E-state index contributed by atoms with van der Waals surface area (Å²) in [6.45, 7) is 2.89. The molecule has 1 aliphatic heterocycles. The SMILES string of the molecule is Cc1ccc(S(=O)(=O)N2CCC(c3c[nH]c4ccc(F)cc34)CC2)cc1. The minimum Gasteiger partial charge on any atom is -0.361 e. The van der Waals surface area contributed by atoms with E-state index in [2.05, 4.69) is 4.98 Å². The van der Waals surface area contributed by atoms with Gasteiger partial charge in [0.1, 0.15) is 5.82 Å². The Labute approximate surface area is 152 Å². The second-order valence-corrected chi connectivity index (χ2v) is 8.86. The standard InChI is InChI=1S/C20H21FN2O2S/c1-14-2-5-17(6-3-14)26(24,25)23-10-8-15(9-11-23)19-13-22-20-7-4-16(21)12-18(19)20/h2-7,12-13,15,22H,8-11H2,1H3. The summed E-state index contributed by atoms with van der Waals surface area (Å²) >= 11 is 0. The van der Waals surface area contributed by atoms with Crippen molar-refractivity contribution in [3.63, 3.8) is 0 Å². The van der Waals surface area contributed by atoms with E-state index in [1.54, 1.807) is 28.6 Å². The van der Waals surface area contributed by atoms with Crippen LogP contribution < -0.4 is 0 Å². The van der Waals surface area contributed by atoms with Crippen LogP contribution in [-0.4, -0.2) is 30.8 Å². The molecule has 1 aliphatic rings. The first-order valence-electron chi connectivity index (χ1n) is 8.78. The molecule has 0 spiro atoms. The van der Waals surface area contributed by atoms with Gasteiger partial charge < -0.3 is 4.98 Å². The minimum absolute atomic E-state index is 0.231. The summed E-state index contributed by atoms with van der Waals surface area (Å²) in [7, 11) is -3.45. The summed E-state index contributed by atoms with van der Waals surface area (Å²) in [4.78, 5) is 3.53. The zero-order valence-corrected chi connectivity index (χ0v) is 15.4. The van der Waals surface area contributed by atoms with Gasteiger partial charge in [-0.15, -0.1) is 0 Å². The van der Waals surface area contributed by atoms with Crippen molar-refractivity contribution >= 4 is 20.9 Å². The molecule has 3 aromatic rings. The molecule has 1 aromatic heterocycles. The van der Waals surface area contributed by atoms with E-state index in [4.69, 9.17) is 0 Å². The van der Waals surface area contributed by atoms with E-state index in [0.717, 1.165) is 34.9 Å². The normalized spacial score (nSPS) is 17.0. The van der Waals surface area contributed by atoms with Gasteiger partial charge in [0, 0.05) is 30.2 Å². The fourth-order valence-electron chi connectivity index (χ4n) is 3.72. The maximum Gasteiger partial charge on any atom is 0.243 e. The fraction of sp³-hybridized carbons (Fsp3) is 0.300. The molecule has 2 heterocycles. The topological polar surface area (TPSA) is 53.2 Å². The number of hydrogen-bond acceptors (Lipinski definition) is 2. The lowest BCUT2D eigenvalue weighted by molar-refractivity contribution is 0.320. The van der Waals surface area contributed by atoms with Crippen molar-refractivity contribution in [1.82, 2.24) is 9.29 Å². The third kappa shape index (κ3) is 3.04. The molecule has 0 atom stereocenters. The van der Waals surface area contributed by atoms with Gasteiger partial charge in [-0.05, 0) is 61.6 Å². The third-order valence-corrected chi connectivity index (χ3v) is 7.14. The van der Waals surface area contributed by atoms with Crippen LogP contribution in [0.1, 0.15) is 29.9 Å². The molecular weight excluding hydrogens is 351 g/mol. The average Bonchev–Trinajstić information content (AvgIpc) is 3.05. The number of piperidine rings is 1. The molecule has 0 radical (unpaired) electrons. The monoisotopic (exact) mass is 372 g/mol. The highest BCUT2D eigenvalue weighted by molar-refractivity contribution is 7.89. The second kappa shape index (κ2) is 6.52. The lowest BCUT2D eigenvalue weighted by Gasteiger charge is -2.31. The summed E-state index contributed by atoms with van der Waals surface area (Å²) < 4.78 is 40.8. The van der Waals surface area contributed by atoms with Crippen LogP contribution in [0.5, 0.6) is 0 Å². The second-order valence-electron chi connectivity index (χ2n) is 6.93. The highest BCUT2D eigenvalue weighted by atomic mass is 32.2. The molecule has 1 N–H and O–H groups in total. The number of aromatic amines is 1. The summed E-state index contributed by atoms with van der Waals surface area (Å²) in [5.41, 5.74) is 3.03. The Kier molecular flexibility index (Phi) is 4.32. The highest BCUT2D eigenvalue weighted by Crippen LogP contribution is 2.35. The fourth-order valence-corrected chi connectivity index (χ4v) is 5.19. The first-order valence-corrected chi connectivity index (χ1v) is 10.2. The number of nitrogens with zero attached hydrogens (tertiary/aromatic N) is 1. The molecule has 136 valence electrons. The van der Waals surface area contributed by atoms with Crippen molar-refractivity contribution in [2.24, 2.45) is 0 Å². The maximum absolute atomic E-state index is 13.6. The van der Waals surface area contributed by atoms with E-state index in [1.165, 1.54) is 6.07 Å². The van der Waals surface area contributed by atoms with Crippen LogP contribution in [-0.2, 0) is 10.0 Å². The van der Waals surface area contributed by atoms with E-state index in [9.17, 15) is 12.8 Å². The molecule has 2 aromatic carbocycles. The smallest absolute Gasteiger partial charge is 0.243 e. The van der Waals surface area contributed by atoms with Crippen molar-refractivity contribution in [3.05, 3.63) is 65.6 Å². The van der Waals surface area contributed by atoms with Gasteiger partial charge in [0.15, 0.2) is 0 Å². The Morgan fingerprint density at radius 1 is 1.08 bits per heavy atom. The van der Waals surface area contributed by atoms with E-state index < -0.39 is 10.0 Å². The largest absolute Gasteiger partial charge is 0.361 e. The quantitative estimate of drug-likeness (QED) is 0.750. The molecule has 26 heavy (non-hydrogen) atoms. The van der Waals surface area contributed by atoms with Crippen molar-refractivity contribution < 1.29 is 12.8 Å². The Hall–Kier alpha value is -2.18. The number of nitrogens with one attached hydrogen (secondary N) is 1. The van der Waals surface area contributed by atoms with E-state index in [0.29, 0.717) is 18.0 Å². The Morgan fingerprint density at radius 2 is 1.77 bits per heavy atom. The summed E-state index contributed by atoms with van der Waals surface area (Å²) in [5, 5.41) is 0.893. The van der Waals surface area contributed by atoms with Crippen molar-refractivity contribution in [2.75, 3.05) is 13.1 Å². The number of fused-ring (bicyclic) bond motifs is 1. The highest BCUT2D eigenvalue weighted by Gasteiger charge is 2.30. The lowest BCUT2D eigenvalue weighted by Crippen LogP contribution is -2.37. The Bertz CT molecular complexity index is 1030. The van der Waals surface area contributed by atoms with Crippen LogP contribution in [0.25, 0.3) is 10.9 Å². The van der Waals surface area contributed by atoms with Crippen molar-refractivity contribution in [1.29, 1.82) is 0 Å². The number of aromatic nitrogens is 1. The zero-order chi connectivity index (χ0) is 18.3. The number of aryl methyl sites for hydroxylation is 1. The van der Waals surface area contributed by atoms with Gasteiger partial charge in [-0.2, -0.15) is 4.31 Å². The van der Waals surface area contributed by atoms with Gasteiger partial charge in [0.05, 0.1) is 4.90 Å². The number of halogens is 1. The number of H-pyrrole nitrogens is 1. The van der Waals surface area contributed by atoms with Gasteiger partial charge in [-0.3, -0.25) is 0 Å². The number of sulfonamides is 1. The number of rotatable bonds is 3. The van der Waals surface area contributed by atoms with Crippen LogP contribution in [0, 0.1) is 12.7 Å². The summed E-state index contributed by atoms with van der Waals surface area (Å²) in [6.07, 6.45) is 3.39. The first-order chi connectivity index (χ1) is 12.4. The minimum atomic E-state index is -3.45. The van der Waals surface area contributed by atoms with Crippen molar-refractivity contribution in [2.45, 2.75) is 30.6 Å². The molecule has 6 heteroatoms. The predicted molar refractivity (Wildman–Crippen MR) is 100 cm³/mol. The van der Waals surface area contributed by atoms with Crippen LogP contribution >= 0.6 is 0 Å². The van der Waals surface area contributed by atoms with Crippen LogP contribution in [0.4, 0.5) is 4.39 Å². The summed E-state index contributed by atoms with van der Waals surface area (Å²) in [6, 6.07) is 11.7. The molecule has 4 nitrogen and oxygen atoms in total. The molecule has 1 saturated heterocycles. The molecular formula is C20H21FN2O2S. The average molecular weight is 372 g/mol. The van der Waals surface area contributed by atoms with Crippen LogP contribution in [0.15, 0.2) is 53.6 Å². The number of benzene rings is 2. The van der Waals surface area contributed by atoms with Crippen LogP contribution in [0.2, 0.25) is 0 Å². The third-order valence-electron chi connectivity index (χ3n) is 5.23. The molecule has 0 bridgehead atoms. The lowest BCUT2D eigenvalue weighted by atomic mass is 9.90. The summed E-state index contributed by atoms with van der Waals surface area (Å²) in [5.74, 6) is -0.0206. The number of hydrogen-bond donors (Lipinski definition) is 1. The van der Waals surface area contributed by atoms with E-state index in [1.807, 2.05) is 25.3 Å². The maximum atomic E-state index is 13.6. The predicted octanol–water partition coefficient (Wildman–Crippen LogP) is 4.18. The molecule has 0 saturated carbocycles. The zero-order valence-electron chi connectivity index (χ0n) is 14.6. The van der Waals surface area contributed by atoms with Gasteiger partial charge >= 0.3 is 0 Å². The Balaban J connectivity index is 1.53. The van der Waals surface area contributed by atoms with Gasteiger partial charge in [0.2, 0.25) is 10.0 Å². The molecule has 0 unspecified atom stereocenters. The van der Waals surface area contributed by atoms with Crippen molar-refractivity contribution in [3.8, 4) is 0 Å². The van der Waals surface area contributed by atoms with E-state index >= 15 is 0 Å². The molecule has 1 fully saturated rings. The molecule has 0 amide bonds. The van der Waals surface area contributed by atoms with E-state index in [-0.39, 0.29) is 11.7 Å². The molecule has 4 rings (SSSR count). The van der Waals surface area contributed by atoms with Gasteiger partial charge in [-0.25, -0.2) is 12.8 Å². The van der Waals surface area contributed by atoms with Gasteiger partial charge in [-0.1, -0.05) is 17.7 Å². The first kappa shape index (κ1) is 17.2.